The highest BCUT2D eigenvalue weighted by atomic mass is 16.4. The Morgan fingerprint density at radius 1 is 1.19 bits per heavy atom. The third-order valence-corrected chi connectivity index (χ3v) is 4.98. The summed E-state index contributed by atoms with van der Waals surface area (Å²) < 4.78 is 0. The molecule has 0 radical (unpaired) electrons. The zero-order valence-corrected chi connectivity index (χ0v) is 12.1. The first-order chi connectivity index (χ1) is 10.2. The number of carbonyl (C=O) groups is 2. The van der Waals surface area contributed by atoms with Crippen molar-refractivity contribution in [2.45, 2.75) is 6.42 Å². The Bertz CT molecular complexity index is 445. The Hall–Kier alpha value is -1.40. The first kappa shape index (κ1) is 14.5. The van der Waals surface area contributed by atoms with E-state index in [9.17, 15) is 14.7 Å². The molecule has 3 N–H and O–H groups in total. The van der Waals surface area contributed by atoms with Crippen LogP contribution >= 0.6 is 0 Å². The van der Waals surface area contributed by atoms with Crippen LogP contribution in [0.5, 0.6) is 0 Å². The van der Waals surface area contributed by atoms with E-state index >= 15 is 0 Å². The van der Waals surface area contributed by atoms with E-state index in [1.807, 2.05) is 12.2 Å². The number of allylic oxidation sites excluding steroid dienone is 2. The summed E-state index contributed by atoms with van der Waals surface area (Å²) in [4.78, 5) is 26.1. The van der Waals surface area contributed by atoms with Crippen LogP contribution in [0.25, 0.3) is 0 Å². The molecule has 1 aliphatic heterocycles. The van der Waals surface area contributed by atoms with Crippen molar-refractivity contribution in [3.8, 4) is 0 Å². The molecule has 2 fully saturated rings. The molecule has 2 bridgehead atoms. The lowest BCUT2D eigenvalue weighted by Crippen LogP contribution is -2.47. The summed E-state index contributed by atoms with van der Waals surface area (Å²) in [6, 6.07) is 0. The Labute approximate surface area is 124 Å². The first-order valence-corrected chi connectivity index (χ1v) is 7.79. The predicted octanol–water partition coefficient (Wildman–Crippen LogP) is -0.469. The third-order valence-electron chi connectivity index (χ3n) is 4.98. The molecule has 6 nitrogen and oxygen atoms in total. The molecule has 21 heavy (non-hydrogen) atoms. The maximum atomic E-state index is 12.4. The molecule has 1 saturated carbocycles. The van der Waals surface area contributed by atoms with Crippen LogP contribution < -0.4 is 10.6 Å². The summed E-state index contributed by atoms with van der Waals surface area (Å²) in [5.74, 6) is -1.71. The van der Waals surface area contributed by atoms with Crippen molar-refractivity contribution in [2.24, 2.45) is 23.7 Å². The van der Waals surface area contributed by atoms with Crippen LogP contribution in [0.2, 0.25) is 0 Å². The summed E-state index contributed by atoms with van der Waals surface area (Å²) in [5, 5.41) is 15.6. The second kappa shape index (κ2) is 6.15. The summed E-state index contributed by atoms with van der Waals surface area (Å²) in [6.07, 6.45) is 4.80. The van der Waals surface area contributed by atoms with Gasteiger partial charge >= 0.3 is 5.97 Å². The van der Waals surface area contributed by atoms with Gasteiger partial charge in [0, 0.05) is 39.3 Å². The van der Waals surface area contributed by atoms with Crippen molar-refractivity contribution in [2.75, 3.05) is 39.3 Å². The molecule has 4 atom stereocenters. The average molecular weight is 293 g/mol. The standard InChI is InChI=1S/C15H23N3O3/c19-14(17-5-8-18-6-3-16-4-7-18)12-10-1-2-11(9-10)13(12)15(20)21/h1-2,10-13,16H,3-9H2,(H,17,19)(H,20,21). The van der Waals surface area contributed by atoms with E-state index in [0.29, 0.717) is 6.54 Å². The normalized spacial score (nSPS) is 35.0. The topological polar surface area (TPSA) is 81.7 Å². The highest BCUT2D eigenvalue weighted by Gasteiger charge is 2.51. The van der Waals surface area contributed by atoms with E-state index in [1.54, 1.807) is 0 Å². The van der Waals surface area contributed by atoms with Crippen molar-refractivity contribution in [1.82, 2.24) is 15.5 Å². The van der Waals surface area contributed by atoms with Crippen molar-refractivity contribution in [3.05, 3.63) is 12.2 Å². The molecule has 0 spiro atoms. The minimum absolute atomic E-state index is 0.0384. The van der Waals surface area contributed by atoms with Crippen LogP contribution in [0.4, 0.5) is 0 Å². The van der Waals surface area contributed by atoms with Gasteiger partial charge in [-0.1, -0.05) is 12.2 Å². The van der Waals surface area contributed by atoms with Gasteiger partial charge in [0.05, 0.1) is 11.8 Å². The van der Waals surface area contributed by atoms with Gasteiger partial charge in [0.25, 0.3) is 0 Å². The summed E-state index contributed by atoms with van der Waals surface area (Å²) >= 11 is 0. The van der Waals surface area contributed by atoms with Gasteiger partial charge in [-0.15, -0.1) is 0 Å². The number of amides is 1. The smallest absolute Gasteiger partial charge is 0.307 e. The fourth-order valence-electron chi connectivity index (χ4n) is 3.91. The van der Waals surface area contributed by atoms with Crippen LogP contribution in [0.15, 0.2) is 12.2 Å². The highest BCUT2D eigenvalue weighted by Crippen LogP contribution is 2.48. The number of nitrogens with one attached hydrogen (secondary N) is 2. The van der Waals surface area contributed by atoms with Crippen molar-refractivity contribution in [3.63, 3.8) is 0 Å². The minimum atomic E-state index is -0.839. The number of aliphatic carboxylic acids is 1. The van der Waals surface area contributed by atoms with E-state index in [2.05, 4.69) is 15.5 Å². The van der Waals surface area contributed by atoms with E-state index in [0.717, 1.165) is 39.1 Å². The quantitative estimate of drug-likeness (QED) is 0.597. The molecule has 116 valence electrons. The fourth-order valence-corrected chi connectivity index (χ4v) is 3.91. The van der Waals surface area contributed by atoms with Gasteiger partial charge in [0.2, 0.25) is 5.91 Å². The minimum Gasteiger partial charge on any atom is -0.481 e. The second-order valence-electron chi connectivity index (χ2n) is 6.22. The Kier molecular flexibility index (Phi) is 4.26. The number of hydrogen-bond acceptors (Lipinski definition) is 4. The first-order valence-electron chi connectivity index (χ1n) is 7.79. The van der Waals surface area contributed by atoms with Crippen LogP contribution in [0.3, 0.4) is 0 Å². The van der Waals surface area contributed by atoms with E-state index in [-0.39, 0.29) is 23.7 Å². The Morgan fingerprint density at radius 2 is 1.86 bits per heavy atom. The van der Waals surface area contributed by atoms with Crippen molar-refractivity contribution >= 4 is 11.9 Å². The maximum absolute atomic E-state index is 12.4. The number of carboxylic acid groups (broad SMARTS) is 1. The third kappa shape index (κ3) is 2.96. The molecule has 2 aliphatic carbocycles. The largest absolute Gasteiger partial charge is 0.481 e. The lowest BCUT2D eigenvalue weighted by molar-refractivity contribution is -0.147. The molecule has 0 aromatic carbocycles. The van der Waals surface area contributed by atoms with Gasteiger partial charge in [-0.25, -0.2) is 0 Å². The van der Waals surface area contributed by atoms with Crippen LogP contribution in [-0.4, -0.2) is 61.2 Å². The van der Waals surface area contributed by atoms with E-state index in [4.69, 9.17) is 0 Å². The molecule has 3 rings (SSSR count). The van der Waals surface area contributed by atoms with Crippen LogP contribution in [0.1, 0.15) is 6.42 Å². The average Bonchev–Trinajstić information content (AvgIpc) is 3.08. The SMILES string of the molecule is O=C(O)C1C2C=CC(C2)C1C(=O)NCCN1CCNCC1. The molecule has 4 unspecified atom stereocenters. The lowest BCUT2D eigenvalue weighted by Gasteiger charge is -2.28. The molecule has 1 heterocycles. The van der Waals surface area contributed by atoms with Gasteiger partial charge in [-0.3, -0.25) is 14.5 Å². The molecule has 1 saturated heterocycles. The fraction of sp³-hybridized carbons (Fsp3) is 0.733. The Balaban J connectivity index is 1.50. The zero-order valence-electron chi connectivity index (χ0n) is 12.1. The number of fused-ring (bicyclic) bond motifs is 2. The zero-order chi connectivity index (χ0) is 14.8. The van der Waals surface area contributed by atoms with Gasteiger partial charge in [0.1, 0.15) is 0 Å². The number of carboxylic acids is 1. The number of nitrogens with zero attached hydrogens (tertiary/aromatic N) is 1. The summed E-state index contributed by atoms with van der Waals surface area (Å²) in [7, 11) is 0. The second-order valence-corrected chi connectivity index (χ2v) is 6.22. The van der Waals surface area contributed by atoms with Crippen molar-refractivity contribution in [1.29, 1.82) is 0 Å². The molecule has 6 heteroatoms. The molecule has 0 aromatic rings. The monoisotopic (exact) mass is 293 g/mol. The maximum Gasteiger partial charge on any atom is 0.307 e. The lowest BCUT2D eigenvalue weighted by atomic mass is 9.82. The molecular formula is C15H23N3O3. The van der Waals surface area contributed by atoms with E-state index < -0.39 is 11.9 Å². The number of rotatable bonds is 5. The Morgan fingerprint density at radius 3 is 2.52 bits per heavy atom. The number of hydrogen-bond donors (Lipinski definition) is 3. The molecule has 1 amide bonds. The summed E-state index contributed by atoms with van der Waals surface area (Å²) in [5.41, 5.74) is 0. The van der Waals surface area contributed by atoms with Gasteiger partial charge < -0.3 is 15.7 Å². The molecule has 3 aliphatic rings. The molecular weight excluding hydrogens is 270 g/mol. The number of piperazine rings is 1. The van der Waals surface area contributed by atoms with Crippen LogP contribution in [-0.2, 0) is 9.59 Å². The van der Waals surface area contributed by atoms with Gasteiger partial charge in [0.15, 0.2) is 0 Å². The van der Waals surface area contributed by atoms with Crippen LogP contribution in [0, 0.1) is 23.7 Å². The van der Waals surface area contributed by atoms with E-state index in [1.165, 1.54) is 0 Å². The van der Waals surface area contributed by atoms with Gasteiger partial charge in [-0.2, -0.15) is 0 Å². The number of carbonyl (C=O) groups excluding carboxylic acids is 1. The van der Waals surface area contributed by atoms with Crippen molar-refractivity contribution < 1.29 is 14.7 Å². The highest BCUT2D eigenvalue weighted by molar-refractivity contribution is 5.86. The summed E-state index contributed by atoms with van der Waals surface area (Å²) in [6.45, 7) is 5.43. The predicted molar refractivity (Wildman–Crippen MR) is 77.7 cm³/mol. The molecule has 0 aromatic heterocycles. The van der Waals surface area contributed by atoms with Gasteiger partial charge in [-0.05, 0) is 18.3 Å².